The minimum absolute atomic E-state index is 0.0777. The van der Waals surface area contributed by atoms with Crippen LogP contribution in [0.2, 0.25) is 0 Å². The second-order valence-corrected chi connectivity index (χ2v) is 8.00. The second kappa shape index (κ2) is 7.85. The highest BCUT2D eigenvalue weighted by Gasteiger charge is 2.27. The van der Waals surface area contributed by atoms with Crippen molar-refractivity contribution in [3.8, 4) is 0 Å². The van der Waals surface area contributed by atoms with Gasteiger partial charge < -0.3 is 5.11 Å². The van der Waals surface area contributed by atoms with Crippen molar-refractivity contribution >= 4 is 21.7 Å². The van der Waals surface area contributed by atoms with Gasteiger partial charge in [0.2, 0.25) is 10.0 Å². The maximum absolute atomic E-state index is 12.9. The van der Waals surface area contributed by atoms with E-state index in [4.69, 9.17) is 5.11 Å². The topological polar surface area (TPSA) is 127 Å². The zero-order valence-electron chi connectivity index (χ0n) is 15.1. The van der Waals surface area contributed by atoms with E-state index in [1.54, 1.807) is 26.0 Å². The van der Waals surface area contributed by atoms with Crippen LogP contribution < -0.4 is 4.72 Å². The summed E-state index contributed by atoms with van der Waals surface area (Å²) in [4.78, 5) is 21.7. The molecular weight excluding hydrogens is 372 g/mol. The first-order chi connectivity index (χ1) is 12.5. The molecule has 8 nitrogen and oxygen atoms in total. The van der Waals surface area contributed by atoms with Crippen LogP contribution in [0.25, 0.3) is 0 Å². The Kier molecular flexibility index (Phi) is 5.97. The molecule has 0 saturated carbocycles. The molecule has 0 amide bonds. The van der Waals surface area contributed by atoms with E-state index in [0.717, 1.165) is 5.56 Å². The molecule has 0 spiro atoms. The highest BCUT2D eigenvalue weighted by molar-refractivity contribution is 7.89. The number of benzene rings is 2. The predicted molar refractivity (Wildman–Crippen MR) is 99.1 cm³/mol. The van der Waals surface area contributed by atoms with Gasteiger partial charge in [0, 0.05) is 12.1 Å². The van der Waals surface area contributed by atoms with Crippen molar-refractivity contribution in [2.45, 2.75) is 38.1 Å². The lowest BCUT2D eigenvalue weighted by atomic mass is 10.0. The van der Waals surface area contributed by atoms with Crippen LogP contribution in [0.5, 0.6) is 0 Å². The summed E-state index contributed by atoms with van der Waals surface area (Å²) in [5.74, 6) is -1.23. The minimum Gasteiger partial charge on any atom is -0.481 e. The molecule has 0 aliphatic heterocycles. The van der Waals surface area contributed by atoms with Crippen molar-refractivity contribution in [2.75, 3.05) is 0 Å². The lowest BCUT2D eigenvalue weighted by Gasteiger charge is -2.20. The lowest BCUT2D eigenvalue weighted by molar-refractivity contribution is -0.384. The molecule has 0 heterocycles. The van der Waals surface area contributed by atoms with Crippen LogP contribution in [0, 0.1) is 30.9 Å². The van der Waals surface area contributed by atoms with Gasteiger partial charge in [0.05, 0.1) is 22.3 Å². The highest BCUT2D eigenvalue weighted by atomic mass is 32.2. The van der Waals surface area contributed by atoms with E-state index in [1.165, 1.54) is 24.3 Å². The number of aliphatic carboxylic acids is 1. The third-order valence-electron chi connectivity index (χ3n) is 4.03. The summed E-state index contributed by atoms with van der Waals surface area (Å²) in [6, 6.07) is 7.57. The predicted octanol–water partition coefficient (Wildman–Crippen LogP) is 3.01. The molecule has 9 heteroatoms. The Morgan fingerprint density at radius 1 is 1.19 bits per heavy atom. The summed E-state index contributed by atoms with van der Waals surface area (Å²) in [5.41, 5.74) is 1.94. The number of hydrogen-bond acceptors (Lipinski definition) is 5. The fourth-order valence-corrected chi connectivity index (χ4v) is 4.77. The number of nitrogens with zero attached hydrogens (tertiary/aromatic N) is 1. The molecule has 0 fully saturated rings. The Bertz CT molecular complexity index is 978. The number of carboxylic acids is 1. The van der Waals surface area contributed by atoms with Gasteiger partial charge in [0.15, 0.2) is 0 Å². The molecule has 0 aliphatic carbocycles. The molecule has 144 valence electrons. The third-order valence-corrected chi connectivity index (χ3v) is 5.81. The number of nitro groups is 1. The number of hydrogen-bond donors (Lipinski definition) is 2. The van der Waals surface area contributed by atoms with Crippen molar-refractivity contribution in [1.29, 1.82) is 0 Å². The van der Waals surface area contributed by atoms with Crippen molar-refractivity contribution in [2.24, 2.45) is 0 Å². The van der Waals surface area contributed by atoms with Crippen LogP contribution >= 0.6 is 0 Å². The lowest BCUT2D eigenvalue weighted by Crippen LogP contribution is -2.31. The Hall–Kier alpha value is -2.78. The fraction of sp³-hybridized carbons (Fsp3) is 0.278. The molecule has 2 aromatic carbocycles. The van der Waals surface area contributed by atoms with Gasteiger partial charge in [-0.05, 0) is 37.5 Å². The molecule has 2 rings (SSSR count). The Balaban J connectivity index is 2.49. The first kappa shape index (κ1) is 20.5. The van der Waals surface area contributed by atoms with Crippen LogP contribution in [0.3, 0.4) is 0 Å². The number of non-ortho nitro benzene ring substituents is 1. The Labute approximate surface area is 157 Å². The first-order valence-electron chi connectivity index (χ1n) is 8.07. The quantitative estimate of drug-likeness (QED) is 0.551. The van der Waals surface area contributed by atoms with Gasteiger partial charge in [-0.2, -0.15) is 0 Å². The molecule has 0 bridgehead atoms. The Morgan fingerprint density at radius 2 is 1.78 bits per heavy atom. The summed E-state index contributed by atoms with van der Waals surface area (Å²) in [5, 5.41) is 20.1. The summed E-state index contributed by atoms with van der Waals surface area (Å²) in [6.45, 7) is 5.17. The van der Waals surface area contributed by atoms with Crippen LogP contribution in [0.1, 0.15) is 34.7 Å². The SMILES string of the molecule is Cc1cc(C)c(S(=O)(=O)N[C@@H](CC(=O)O)c2cccc([N+](=O)[O-])c2)c(C)c1. The van der Waals surface area contributed by atoms with Crippen molar-refractivity contribution < 1.29 is 23.2 Å². The number of sulfonamides is 1. The smallest absolute Gasteiger partial charge is 0.305 e. The molecule has 0 aromatic heterocycles. The number of aryl methyl sites for hydroxylation is 3. The molecular formula is C18H20N2O6S. The zero-order valence-corrected chi connectivity index (χ0v) is 15.9. The minimum atomic E-state index is -4.05. The van der Waals surface area contributed by atoms with Crippen LogP contribution in [-0.4, -0.2) is 24.4 Å². The average Bonchev–Trinajstić information content (AvgIpc) is 2.52. The van der Waals surface area contributed by atoms with Crippen molar-refractivity contribution in [1.82, 2.24) is 4.72 Å². The van der Waals surface area contributed by atoms with Gasteiger partial charge in [-0.25, -0.2) is 13.1 Å². The summed E-state index contributed by atoms with van der Waals surface area (Å²) >= 11 is 0. The van der Waals surface area contributed by atoms with Crippen LogP contribution in [0.15, 0.2) is 41.3 Å². The number of nitro benzene ring substituents is 1. The summed E-state index contributed by atoms with van der Waals surface area (Å²) in [7, 11) is -4.05. The molecule has 0 aliphatic rings. The summed E-state index contributed by atoms with van der Waals surface area (Å²) in [6.07, 6.45) is -0.551. The van der Waals surface area contributed by atoms with E-state index in [9.17, 15) is 23.3 Å². The number of rotatable bonds is 7. The molecule has 0 radical (unpaired) electrons. The number of carbonyl (C=O) groups is 1. The maximum atomic E-state index is 12.9. The Morgan fingerprint density at radius 3 is 2.30 bits per heavy atom. The second-order valence-electron chi connectivity index (χ2n) is 6.35. The monoisotopic (exact) mass is 392 g/mol. The third kappa shape index (κ3) is 4.89. The molecule has 0 unspecified atom stereocenters. The van der Waals surface area contributed by atoms with Gasteiger partial charge >= 0.3 is 5.97 Å². The molecule has 2 N–H and O–H groups in total. The van der Waals surface area contributed by atoms with Crippen molar-refractivity contribution in [3.63, 3.8) is 0 Å². The van der Waals surface area contributed by atoms with Gasteiger partial charge in [0.1, 0.15) is 0 Å². The van der Waals surface area contributed by atoms with E-state index in [-0.39, 0.29) is 16.1 Å². The molecule has 27 heavy (non-hydrogen) atoms. The van der Waals surface area contributed by atoms with Crippen LogP contribution in [-0.2, 0) is 14.8 Å². The van der Waals surface area contributed by atoms with E-state index in [0.29, 0.717) is 11.1 Å². The van der Waals surface area contributed by atoms with E-state index >= 15 is 0 Å². The number of carboxylic acid groups (broad SMARTS) is 1. The van der Waals surface area contributed by atoms with Gasteiger partial charge in [0.25, 0.3) is 5.69 Å². The van der Waals surface area contributed by atoms with E-state index in [2.05, 4.69) is 4.72 Å². The van der Waals surface area contributed by atoms with Crippen LogP contribution in [0.4, 0.5) is 5.69 Å². The van der Waals surface area contributed by atoms with E-state index < -0.39 is 33.4 Å². The van der Waals surface area contributed by atoms with Gasteiger partial charge in [-0.3, -0.25) is 14.9 Å². The van der Waals surface area contributed by atoms with E-state index in [1.807, 2.05) is 6.92 Å². The molecule has 2 aromatic rings. The summed E-state index contributed by atoms with van der Waals surface area (Å²) < 4.78 is 28.3. The highest BCUT2D eigenvalue weighted by Crippen LogP contribution is 2.27. The fourth-order valence-electron chi connectivity index (χ4n) is 3.09. The molecule has 0 saturated heterocycles. The van der Waals surface area contributed by atoms with Crippen molar-refractivity contribution in [3.05, 3.63) is 68.8 Å². The first-order valence-corrected chi connectivity index (χ1v) is 9.56. The maximum Gasteiger partial charge on any atom is 0.305 e. The largest absolute Gasteiger partial charge is 0.481 e. The average molecular weight is 392 g/mol. The standard InChI is InChI=1S/C18H20N2O6S/c1-11-7-12(2)18(13(3)8-11)27(25,26)19-16(10-17(21)22)14-5-4-6-15(9-14)20(23)24/h4-9,16,19H,10H2,1-3H3,(H,21,22)/t16-/m0/s1. The van der Waals surface area contributed by atoms with Gasteiger partial charge in [-0.1, -0.05) is 29.8 Å². The normalized spacial score (nSPS) is 12.6. The van der Waals surface area contributed by atoms with Gasteiger partial charge in [-0.15, -0.1) is 0 Å². The number of nitrogens with one attached hydrogen (secondary N) is 1. The molecule has 1 atom stereocenters. The zero-order chi connectivity index (χ0) is 20.4.